The number of carbonyl (C=O) groups is 2. The summed E-state index contributed by atoms with van der Waals surface area (Å²) in [5.74, 6) is -0.284. The molecule has 2 saturated carbocycles. The Bertz CT molecular complexity index is 320. The van der Waals surface area contributed by atoms with E-state index in [-0.39, 0.29) is 30.2 Å². The highest BCUT2D eigenvalue weighted by Gasteiger charge is 2.58. The molecule has 5 nitrogen and oxygen atoms in total. The number of piperidine rings is 1. The van der Waals surface area contributed by atoms with Gasteiger partial charge in [0.15, 0.2) is 0 Å². The second-order valence-electron chi connectivity index (χ2n) is 5.07. The normalized spacial score (nSPS) is 34.2. The second kappa shape index (κ2) is 3.53. The largest absolute Gasteiger partial charge is 0.390 e. The predicted octanol–water partition coefficient (Wildman–Crippen LogP) is -0.896. The quantitative estimate of drug-likeness (QED) is 0.594. The number of fused-ring (bicyclic) bond motifs is 1. The molecule has 3 fully saturated rings. The van der Waals surface area contributed by atoms with Gasteiger partial charge >= 0.3 is 0 Å². The van der Waals surface area contributed by atoms with E-state index in [0.29, 0.717) is 12.6 Å². The highest BCUT2D eigenvalue weighted by atomic mass is 16.3. The highest BCUT2D eigenvalue weighted by molar-refractivity contribution is 6.08. The van der Waals surface area contributed by atoms with Crippen LogP contribution in [0.25, 0.3) is 0 Å². The third-order valence-corrected chi connectivity index (χ3v) is 3.57. The Morgan fingerprint density at radius 3 is 2.50 bits per heavy atom. The van der Waals surface area contributed by atoms with Crippen molar-refractivity contribution in [1.82, 2.24) is 10.2 Å². The standard InChI is InChI=1S/C11H16N2O3/c14-7(4-12-6-1-2-6)5-13-10(15)8-3-9(8)11(13)16/h6-9,12,14H,1-5H2. The summed E-state index contributed by atoms with van der Waals surface area (Å²) in [5, 5.41) is 12.9. The van der Waals surface area contributed by atoms with Crippen LogP contribution >= 0.6 is 0 Å². The lowest BCUT2D eigenvalue weighted by molar-refractivity contribution is -0.142. The molecule has 88 valence electrons. The van der Waals surface area contributed by atoms with Crippen LogP contribution in [0.3, 0.4) is 0 Å². The zero-order valence-electron chi connectivity index (χ0n) is 9.06. The fourth-order valence-electron chi connectivity index (χ4n) is 2.30. The minimum absolute atomic E-state index is 0.0592. The predicted molar refractivity (Wildman–Crippen MR) is 55.3 cm³/mol. The maximum absolute atomic E-state index is 11.6. The number of amides is 2. The lowest BCUT2D eigenvalue weighted by atomic mass is 10.3. The van der Waals surface area contributed by atoms with Crippen LogP contribution in [0.2, 0.25) is 0 Å². The molecule has 0 aromatic rings. The number of rotatable bonds is 5. The Morgan fingerprint density at radius 2 is 1.94 bits per heavy atom. The van der Waals surface area contributed by atoms with Gasteiger partial charge in [0.1, 0.15) is 0 Å². The lowest BCUT2D eigenvalue weighted by Crippen LogP contribution is -2.43. The molecule has 2 aliphatic carbocycles. The number of β-amino-alcohol motifs (C(OH)–C–C–N with tert-alkyl or cyclic N) is 1. The smallest absolute Gasteiger partial charge is 0.233 e. The van der Waals surface area contributed by atoms with Crippen molar-refractivity contribution in [3.8, 4) is 0 Å². The van der Waals surface area contributed by atoms with Crippen molar-refractivity contribution in [2.75, 3.05) is 13.1 Å². The van der Waals surface area contributed by atoms with E-state index < -0.39 is 6.10 Å². The molecule has 5 heteroatoms. The van der Waals surface area contributed by atoms with E-state index in [1.54, 1.807) is 0 Å². The zero-order valence-corrected chi connectivity index (χ0v) is 9.06. The number of aliphatic hydroxyl groups is 1. The van der Waals surface area contributed by atoms with E-state index in [4.69, 9.17) is 0 Å². The first-order chi connectivity index (χ1) is 7.66. The van der Waals surface area contributed by atoms with Crippen LogP contribution in [-0.4, -0.2) is 47.1 Å². The van der Waals surface area contributed by atoms with Gasteiger partial charge in [-0.05, 0) is 19.3 Å². The van der Waals surface area contributed by atoms with E-state index in [1.807, 2.05) is 0 Å². The molecule has 3 unspecified atom stereocenters. The van der Waals surface area contributed by atoms with Gasteiger partial charge in [-0.3, -0.25) is 14.5 Å². The number of imide groups is 1. The van der Waals surface area contributed by atoms with Gasteiger partial charge in [0.25, 0.3) is 0 Å². The van der Waals surface area contributed by atoms with E-state index in [9.17, 15) is 14.7 Å². The molecule has 0 radical (unpaired) electrons. The van der Waals surface area contributed by atoms with Gasteiger partial charge in [-0.2, -0.15) is 0 Å². The van der Waals surface area contributed by atoms with Crippen LogP contribution in [0, 0.1) is 11.8 Å². The summed E-state index contributed by atoms with van der Waals surface area (Å²) in [6.45, 7) is 0.626. The van der Waals surface area contributed by atoms with Gasteiger partial charge in [0.2, 0.25) is 11.8 Å². The molecule has 3 aliphatic rings. The molecule has 0 bridgehead atoms. The summed E-state index contributed by atoms with van der Waals surface area (Å²) in [4.78, 5) is 24.5. The minimum Gasteiger partial charge on any atom is -0.390 e. The van der Waals surface area contributed by atoms with Crippen molar-refractivity contribution in [3.63, 3.8) is 0 Å². The van der Waals surface area contributed by atoms with Crippen LogP contribution in [-0.2, 0) is 9.59 Å². The summed E-state index contributed by atoms with van der Waals surface area (Å²) in [5.41, 5.74) is 0. The van der Waals surface area contributed by atoms with Crippen LogP contribution in [0.1, 0.15) is 19.3 Å². The number of likely N-dealkylation sites (tertiary alicyclic amines) is 1. The molecule has 1 saturated heterocycles. The topological polar surface area (TPSA) is 69.6 Å². The van der Waals surface area contributed by atoms with Crippen LogP contribution in [0.5, 0.6) is 0 Å². The van der Waals surface area contributed by atoms with Gasteiger partial charge in [-0.15, -0.1) is 0 Å². The summed E-state index contributed by atoms with van der Waals surface area (Å²) >= 11 is 0. The van der Waals surface area contributed by atoms with Crippen LogP contribution in [0.15, 0.2) is 0 Å². The average Bonchev–Trinajstić information content (AvgIpc) is 3.14. The molecule has 2 N–H and O–H groups in total. The molecule has 0 aromatic carbocycles. The van der Waals surface area contributed by atoms with Gasteiger partial charge in [0, 0.05) is 12.6 Å². The molecule has 1 heterocycles. The number of hydrogen-bond acceptors (Lipinski definition) is 4. The first-order valence-electron chi connectivity index (χ1n) is 5.93. The Morgan fingerprint density at radius 1 is 1.31 bits per heavy atom. The van der Waals surface area contributed by atoms with Crippen molar-refractivity contribution in [2.24, 2.45) is 11.8 Å². The van der Waals surface area contributed by atoms with E-state index in [0.717, 1.165) is 6.42 Å². The van der Waals surface area contributed by atoms with Crippen LogP contribution in [0.4, 0.5) is 0 Å². The SMILES string of the molecule is O=C1C2CC2C(=O)N1CC(O)CNC1CC1. The monoisotopic (exact) mass is 224 g/mol. The molecule has 0 spiro atoms. The Labute approximate surface area is 93.8 Å². The van der Waals surface area contributed by atoms with Crippen molar-refractivity contribution >= 4 is 11.8 Å². The molecule has 1 aliphatic heterocycles. The fraction of sp³-hybridized carbons (Fsp3) is 0.818. The Balaban J connectivity index is 1.49. The van der Waals surface area contributed by atoms with Crippen molar-refractivity contribution in [3.05, 3.63) is 0 Å². The maximum Gasteiger partial charge on any atom is 0.233 e. The van der Waals surface area contributed by atoms with E-state index >= 15 is 0 Å². The third kappa shape index (κ3) is 1.74. The summed E-state index contributed by atoms with van der Waals surface area (Å²) in [6, 6.07) is 0.535. The number of carbonyl (C=O) groups excluding carboxylic acids is 2. The minimum atomic E-state index is -0.633. The van der Waals surface area contributed by atoms with Gasteiger partial charge in [-0.25, -0.2) is 0 Å². The first-order valence-corrected chi connectivity index (χ1v) is 5.93. The summed E-state index contributed by atoms with van der Waals surface area (Å²) in [7, 11) is 0. The molecule has 0 aromatic heterocycles. The lowest BCUT2D eigenvalue weighted by Gasteiger charge is -2.20. The van der Waals surface area contributed by atoms with Gasteiger partial charge in [0.05, 0.1) is 24.5 Å². The number of hydrogen-bond donors (Lipinski definition) is 2. The van der Waals surface area contributed by atoms with E-state index in [1.165, 1.54) is 17.7 Å². The third-order valence-electron chi connectivity index (χ3n) is 3.57. The maximum atomic E-state index is 11.6. The average molecular weight is 224 g/mol. The van der Waals surface area contributed by atoms with E-state index in [2.05, 4.69) is 5.32 Å². The Kier molecular flexibility index (Phi) is 2.26. The summed E-state index contributed by atoms with van der Waals surface area (Å²) in [6.07, 6.45) is 2.42. The highest BCUT2D eigenvalue weighted by Crippen LogP contribution is 2.46. The molecular formula is C11H16N2O3. The first kappa shape index (κ1) is 10.2. The fourth-order valence-corrected chi connectivity index (χ4v) is 2.30. The molecule has 16 heavy (non-hydrogen) atoms. The molecule has 3 atom stereocenters. The van der Waals surface area contributed by atoms with Crippen molar-refractivity contribution in [1.29, 1.82) is 0 Å². The van der Waals surface area contributed by atoms with Crippen molar-refractivity contribution < 1.29 is 14.7 Å². The summed E-state index contributed by atoms with van der Waals surface area (Å²) < 4.78 is 0. The second-order valence-corrected chi connectivity index (χ2v) is 5.07. The molecule has 2 amide bonds. The number of nitrogens with one attached hydrogen (secondary N) is 1. The number of aliphatic hydroxyl groups excluding tert-OH is 1. The molecular weight excluding hydrogens is 208 g/mol. The Hall–Kier alpha value is -0.940. The van der Waals surface area contributed by atoms with Crippen molar-refractivity contribution in [2.45, 2.75) is 31.4 Å². The van der Waals surface area contributed by atoms with Gasteiger partial charge < -0.3 is 10.4 Å². The molecule has 3 rings (SSSR count). The van der Waals surface area contributed by atoms with Crippen LogP contribution < -0.4 is 5.32 Å². The van der Waals surface area contributed by atoms with Gasteiger partial charge in [-0.1, -0.05) is 0 Å². The number of nitrogens with zero attached hydrogens (tertiary/aromatic N) is 1. The zero-order chi connectivity index (χ0) is 11.3.